The van der Waals surface area contributed by atoms with Crippen molar-refractivity contribution in [2.75, 3.05) is 13.2 Å². The molecule has 4 nitrogen and oxygen atoms in total. The van der Waals surface area contributed by atoms with Crippen molar-refractivity contribution < 1.29 is 19.1 Å². The fourth-order valence-corrected chi connectivity index (χ4v) is 3.97. The van der Waals surface area contributed by atoms with Crippen molar-refractivity contribution in [3.63, 3.8) is 0 Å². The van der Waals surface area contributed by atoms with Crippen LogP contribution in [0, 0.1) is 5.92 Å². The highest BCUT2D eigenvalue weighted by Crippen LogP contribution is 2.15. The lowest BCUT2D eigenvalue weighted by Crippen LogP contribution is -2.16. The van der Waals surface area contributed by atoms with E-state index in [2.05, 4.69) is 13.8 Å². The number of hydrogen-bond donors (Lipinski definition) is 0. The van der Waals surface area contributed by atoms with Gasteiger partial charge in [0.2, 0.25) is 0 Å². The molecule has 194 valence electrons. The molecule has 0 saturated heterocycles. The number of carbonyl (C=O) groups is 2. The molecule has 1 unspecified atom stereocenters. The summed E-state index contributed by atoms with van der Waals surface area (Å²) in [6, 6.07) is 6.75. The molecule has 0 spiro atoms. The third-order valence-electron chi connectivity index (χ3n) is 6.54. The Bertz CT molecular complexity index is 655. The minimum atomic E-state index is -0.458. The van der Waals surface area contributed by atoms with Crippen LogP contribution < -0.4 is 0 Å². The summed E-state index contributed by atoms with van der Waals surface area (Å²) < 4.78 is 10.8. The minimum Gasteiger partial charge on any atom is -0.462 e. The normalized spacial score (nSPS) is 11.9. The highest BCUT2D eigenvalue weighted by molar-refractivity contribution is 6.03. The summed E-state index contributed by atoms with van der Waals surface area (Å²) in [7, 11) is 0. The van der Waals surface area contributed by atoms with Crippen LogP contribution in [0.3, 0.4) is 0 Å². The molecule has 0 amide bonds. The van der Waals surface area contributed by atoms with Crippen LogP contribution in [0.4, 0.5) is 0 Å². The molecule has 0 saturated carbocycles. The molecule has 4 heteroatoms. The molecule has 0 fully saturated rings. The predicted molar refractivity (Wildman–Crippen MR) is 141 cm³/mol. The quantitative estimate of drug-likeness (QED) is 0.132. The van der Waals surface area contributed by atoms with Gasteiger partial charge in [-0.1, -0.05) is 129 Å². The monoisotopic (exact) mass is 474 g/mol. The van der Waals surface area contributed by atoms with Crippen LogP contribution in [-0.2, 0) is 9.47 Å². The Kier molecular flexibility index (Phi) is 18.2. The molecular formula is C30H50O4. The largest absolute Gasteiger partial charge is 0.462 e. The van der Waals surface area contributed by atoms with Gasteiger partial charge in [-0.25, -0.2) is 9.59 Å². The maximum atomic E-state index is 12.5. The van der Waals surface area contributed by atoms with E-state index in [1.807, 2.05) is 6.92 Å². The molecule has 1 atom stereocenters. The number of unbranched alkanes of at least 4 members (excludes halogenated alkanes) is 14. The van der Waals surface area contributed by atoms with Gasteiger partial charge in [-0.15, -0.1) is 0 Å². The Hall–Kier alpha value is -1.84. The van der Waals surface area contributed by atoms with Gasteiger partial charge in [0.1, 0.15) is 0 Å². The van der Waals surface area contributed by atoms with E-state index >= 15 is 0 Å². The molecule has 1 aromatic rings. The van der Waals surface area contributed by atoms with Gasteiger partial charge in [0.15, 0.2) is 0 Å². The lowest BCUT2D eigenvalue weighted by molar-refractivity contribution is 0.0419. The third kappa shape index (κ3) is 14.4. The molecule has 0 aliphatic heterocycles. The van der Waals surface area contributed by atoms with E-state index in [1.54, 1.807) is 24.3 Å². The number of hydrogen-bond acceptors (Lipinski definition) is 4. The highest BCUT2D eigenvalue weighted by Gasteiger charge is 2.19. The van der Waals surface area contributed by atoms with Crippen molar-refractivity contribution >= 4 is 11.9 Å². The van der Waals surface area contributed by atoms with Gasteiger partial charge in [-0.3, -0.25) is 0 Å². The second-order valence-electron chi connectivity index (χ2n) is 9.74. The van der Waals surface area contributed by atoms with Crippen molar-refractivity contribution in [3.05, 3.63) is 35.4 Å². The zero-order valence-corrected chi connectivity index (χ0v) is 22.2. The van der Waals surface area contributed by atoms with Crippen molar-refractivity contribution in [1.29, 1.82) is 0 Å². The maximum Gasteiger partial charge on any atom is 0.339 e. The average molecular weight is 475 g/mol. The van der Waals surface area contributed by atoms with Crippen LogP contribution in [-0.4, -0.2) is 25.2 Å². The van der Waals surface area contributed by atoms with Crippen molar-refractivity contribution in [2.24, 2.45) is 5.92 Å². The Morgan fingerprint density at radius 1 is 0.647 bits per heavy atom. The fourth-order valence-electron chi connectivity index (χ4n) is 3.97. The summed E-state index contributed by atoms with van der Waals surface area (Å²) >= 11 is 0. The van der Waals surface area contributed by atoms with Crippen LogP contribution in [0.2, 0.25) is 0 Å². The fraction of sp³-hybridized carbons (Fsp3) is 0.733. The number of ether oxygens (including phenoxy) is 2. The van der Waals surface area contributed by atoms with E-state index in [1.165, 1.54) is 83.5 Å². The van der Waals surface area contributed by atoms with E-state index in [4.69, 9.17) is 9.47 Å². The summed E-state index contributed by atoms with van der Waals surface area (Å²) in [4.78, 5) is 24.9. The van der Waals surface area contributed by atoms with Gasteiger partial charge < -0.3 is 9.47 Å². The second kappa shape index (κ2) is 20.5. The first-order valence-electron chi connectivity index (χ1n) is 14.0. The highest BCUT2D eigenvalue weighted by atomic mass is 16.5. The first-order valence-corrected chi connectivity index (χ1v) is 14.0. The van der Waals surface area contributed by atoms with Crippen LogP contribution in [0.25, 0.3) is 0 Å². The molecule has 0 aliphatic rings. The Labute approximate surface area is 209 Å². The molecule has 0 aromatic heterocycles. The first-order chi connectivity index (χ1) is 16.6. The Morgan fingerprint density at radius 2 is 1.06 bits per heavy atom. The molecule has 34 heavy (non-hydrogen) atoms. The summed E-state index contributed by atoms with van der Waals surface area (Å²) in [6.45, 7) is 7.12. The van der Waals surface area contributed by atoms with E-state index in [-0.39, 0.29) is 11.1 Å². The van der Waals surface area contributed by atoms with Gasteiger partial charge in [0, 0.05) is 0 Å². The van der Waals surface area contributed by atoms with E-state index in [0.29, 0.717) is 19.1 Å². The summed E-state index contributed by atoms with van der Waals surface area (Å²) in [6.07, 6.45) is 20.5. The molecule has 0 radical (unpaired) electrons. The molecule has 0 aliphatic carbocycles. The van der Waals surface area contributed by atoms with Crippen LogP contribution in [0.1, 0.15) is 144 Å². The number of esters is 2. The summed E-state index contributed by atoms with van der Waals surface area (Å²) in [5.41, 5.74) is 0.574. The number of rotatable bonds is 21. The Balaban J connectivity index is 2.07. The average Bonchev–Trinajstić information content (AvgIpc) is 2.86. The Morgan fingerprint density at radius 3 is 1.50 bits per heavy atom. The molecule has 0 heterocycles. The van der Waals surface area contributed by atoms with Crippen molar-refractivity contribution in [3.8, 4) is 0 Å². The lowest BCUT2D eigenvalue weighted by atomic mass is 10.0. The van der Waals surface area contributed by atoms with Crippen LogP contribution in [0.5, 0.6) is 0 Å². The zero-order valence-electron chi connectivity index (χ0n) is 22.2. The van der Waals surface area contributed by atoms with Gasteiger partial charge in [0.05, 0.1) is 24.3 Å². The zero-order chi connectivity index (χ0) is 24.9. The second-order valence-corrected chi connectivity index (χ2v) is 9.74. The van der Waals surface area contributed by atoms with Gasteiger partial charge in [0.25, 0.3) is 0 Å². The lowest BCUT2D eigenvalue weighted by Gasteiger charge is -2.12. The van der Waals surface area contributed by atoms with E-state index in [9.17, 15) is 9.59 Å². The van der Waals surface area contributed by atoms with Crippen molar-refractivity contribution in [2.45, 2.75) is 124 Å². The summed E-state index contributed by atoms with van der Waals surface area (Å²) in [5.74, 6) is -0.602. The molecule has 1 rings (SSSR count). The van der Waals surface area contributed by atoms with Crippen LogP contribution >= 0.6 is 0 Å². The van der Waals surface area contributed by atoms with E-state index in [0.717, 1.165) is 19.3 Å². The molecular weight excluding hydrogens is 424 g/mol. The molecule has 0 N–H and O–H groups in total. The molecule has 1 aromatic carbocycles. The maximum absolute atomic E-state index is 12.5. The topological polar surface area (TPSA) is 52.6 Å². The van der Waals surface area contributed by atoms with E-state index < -0.39 is 11.9 Å². The minimum absolute atomic E-state index is 0.285. The van der Waals surface area contributed by atoms with Crippen LogP contribution in [0.15, 0.2) is 24.3 Å². The van der Waals surface area contributed by atoms with Gasteiger partial charge in [-0.2, -0.15) is 0 Å². The van der Waals surface area contributed by atoms with Gasteiger partial charge in [-0.05, 0) is 24.5 Å². The molecule has 0 bridgehead atoms. The van der Waals surface area contributed by atoms with Gasteiger partial charge >= 0.3 is 11.9 Å². The smallest absolute Gasteiger partial charge is 0.339 e. The number of carbonyl (C=O) groups excluding carboxylic acids is 2. The number of benzene rings is 1. The first kappa shape index (κ1) is 30.2. The SMILES string of the molecule is CCCCCCCCCCCCCCCCCOC(=O)c1ccccc1C(=O)OCC(C)CC. The predicted octanol–water partition coefficient (Wildman–Crippen LogP) is 8.92. The standard InChI is InChI=1S/C30H50O4/c1-4-6-7-8-9-10-11-12-13-14-15-16-17-18-21-24-33-29(31)27-22-19-20-23-28(27)30(32)34-25-26(3)5-2/h19-20,22-23,26H,4-18,21,24-25H2,1-3H3. The third-order valence-corrected chi connectivity index (χ3v) is 6.54. The summed E-state index contributed by atoms with van der Waals surface area (Å²) in [5, 5.41) is 0. The van der Waals surface area contributed by atoms with Crippen molar-refractivity contribution in [1.82, 2.24) is 0 Å².